The van der Waals surface area contributed by atoms with Crippen molar-refractivity contribution < 1.29 is 9.26 Å². The quantitative estimate of drug-likeness (QED) is 0.908. The standard InChI is InChI=1S/C19H27N3O2/c1-13(23-15-9-7-14(8-10-15)18(2,3)4)16-21-17(22-24-16)19(20)11-5-6-12-19/h7-10,13H,5-6,11-12,20H2,1-4H3. The Morgan fingerprint density at radius 2 is 1.79 bits per heavy atom. The van der Waals surface area contributed by atoms with E-state index < -0.39 is 5.54 Å². The Hall–Kier alpha value is -1.88. The number of benzene rings is 1. The van der Waals surface area contributed by atoms with Crippen LogP contribution in [0.25, 0.3) is 0 Å². The zero-order valence-corrected chi connectivity index (χ0v) is 15.0. The molecule has 1 aliphatic rings. The van der Waals surface area contributed by atoms with Crippen LogP contribution in [0.3, 0.4) is 0 Å². The molecule has 1 aliphatic carbocycles. The molecule has 1 heterocycles. The largest absolute Gasteiger partial charge is 0.481 e. The lowest BCUT2D eigenvalue weighted by Gasteiger charge is -2.19. The van der Waals surface area contributed by atoms with Gasteiger partial charge in [0.1, 0.15) is 5.75 Å². The fourth-order valence-electron chi connectivity index (χ4n) is 3.12. The first kappa shape index (κ1) is 17.0. The number of hydrogen-bond donors (Lipinski definition) is 1. The minimum atomic E-state index is -0.435. The van der Waals surface area contributed by atoms with E-state index in [1.54, 1.807) is 0 Å². The molecule has 1 aromatic carbocycles. The van der Waals surface area contributed by atoms with Gasteiger partial charge in [0.25, 0.3) is 5.89 Å². The van der Waals surface area contributed by atoms with E-state index in [1.165, 1.54) is 5.56 Å². The zero-order chi connectivity index (χ0) is 17.4. The van der Waals surface area contributed by atoms with Crippen LogP contribution in [0.2, 0.25) is 0 Å². The maximum atomic E-state index is 6.38. The Bertz CT molecular complexity index is 679. The maximum Gasteiger partial charge on any atom is 0.267 e. The summed E-state index contributed by atoms with van der Waals surface area (Å²) in [5.41, 5.74) is 7.34. The first-order valence-electron chi connectivity index (χ1n) is 8.68. The van der Waals surface area contributed by atoms with Gasteiger partial charge in [0.2, 0.25) is 0 Å². The fraction of sp³-hybridized carbons (Fsp3) is 0.579. The van der Waals surface area contributed by atoms with Crippen LogP contribution >= 0.6 is 0 Å². The molecule has 0 spiro atoms. The molecular formula is C19H27N3O2. The van der Waals surface area contributed by atoms with Gasteiger partial charge in [0.05, 0.1) is 5.54 Å². The molecule has 0 aliphatic heterocycles. The molecule has 0 amide bonds. The Balaban J connectivity index is 1.69. The molecule has 1 fully saturated rings. The second-order valence-electron chi connectivity index (χ2n) is 7.85. The van der Waals surface area contributed by atoms with Crippen molar-refractivity contribution >= 4 is 0 Å². The van der Waals surface area contributed by atoms with Crippen LogP contribution in [0.5, 0.6) is 5.75 Å². The van der Waals surface area contributed by atoms with Crippen molar-refractivity contribution in [2.45, 2.75) is 70.4 Å². The van der Waals surface area contributed by atoms with E-state index in [0.717, 1.165) is 31.4 Å². The molecule has 0 saturated heterocycles. The molecule has 5 nitrogen and oxygen atoms in total. The first-order valence-corrected chi connectivity index (χ1v) is 8.68. The predicted octanol–water partition coefficient (Wildman–Crippen LogP) is 4.24. The molecule has 1 atom stereocenters. The molecule has 0 radical (unpaired) electrons. The second-order valence-corrected chi connectivity index (χ2v) is 7.85. The zero-order valence-electron chi connectivity index (χ0n) is 15.0. The van der Waals surface area contributed by atoms with Crippen molar-refractivity contribution in [1.82, 2.24) is 10.1 Å². The first-order chi connectivity index (χ1) is 11.3. The molecule has 0 bridgehead atoms. The average molecular weight is 329 g/mol. The topological polar surface area (TPSA) is 74.2 Å². The fourth-order valence-corrected chi connectivity index (χ4v) is 3.12. The van der Waals surface area contributed by atoms with Gasteiger partial charge in [0.15, 0.2) is 11.9 Å². The number of rotatable bonds is 4. The molecule has 5 heteroatoms. The molecule has 130 valence electrons. The van der Waals surface area contributed by atoms with Crippen molar-refractivity contribution in [3.8, 4) is 5.75 Å². The molecule has 1 aromatic heterocycles. The minimum absolute atomic E-state index is 0.127. The molecule has 2 aromatic rings. The summed E-state index contributed by atoms with van der Waals surface area (Å²) in [4.78, 5) is 4.49. The van der Waals surface area contributed by atoms with E-state index in [4.69, 9.17) is 15.0 Å². The Kier molecular flexibility index (Phi) is 4.38. The normalized spacial score (nSPS) is 18.5. The van der Waals surface area contributed by atoms with Crippen LogP contribution in [0.15, 0.2) is 28.8 Å². The van der Waals surface area contributed by atoms with E-state index in [-0.39, 0.29) is 11.5 Å². The van der Waals surface area contributed by atoms with Crippen molar-refractivity contribution in [2.75, 3.05) is 0 Å². The highest BCUT2D eigenvalue weighted by Gasteiger charge is 2.36. The summed E-state index contributed by atoms with van der Waals surface area (Å²) in [5.74, 6) is 1.87. The molecular weight excluding hydrogens is 302 g/mol. The molecule has 24 heavy (non-hydrogen) atoms. The summed E-state index contributed by atoms with van der Waals surface area (Å²) in [5, 5.41) is 4.09. The van der Waals surface area contributed by atoms with Gasteiger partial charge in [-0.15, -0.1) is 0 Å². The number of nitrogens with two attached hydrogens (primary N) is 1. The third kappa shape index (κ3) is 3.46. The van der Waals surface area contributed by atoms with E-state index in [2.05, 4.69) is 43.0 Å². The van der Waals surface area contributed by atoms with E-state index in [9.17, 15) is 0 Å². The van der Waals surface area contributed by atoms with Crippen LogP contribution < -0.4 is 10.5 Å². The summed E-state index contributed by atoms with van der Waals surface area (Å²) < 4.78 is 11.3. The van der Waals surface area contributed by atoms with Crippen LogP contribution in [0.1, 0.15) is 76.8 Å². The van der Waals surface area contributed by atoms with Gasteiger partial charge in [0, 0.05) is 0 Å². The number of hydrogen-bond acceptors (Lipinski definition) is 5. The summed E-state index contributed by atoms with van der Waals surface area (Å²) >= 11 is 0. The van der Waals surface area contributed by atoms with E-state index >= 15 is 0 Å². The SMILES string of the molecule is CC(Oc1ccc(C(C)(C)C)cc1)c1nc(C2(N)CCCC2)no1. The van der Waals surface area contributed by atoms with Gasteiger partial charge in [-0.3, -0.25) is 0 Å². The molecule has 3 rings (SSSR count). The highest BCUT2D eigenvalue weighted by molar-refractivity contribution is 5.31. The molecule has 1 unspecified atom stereocenters. The highest BCUT2D eigenvalue weighted by Crippen LogP contribution is 2.35. The Morgan fingerprint density at radius 1 is 1.17 bits per heavy atom. The second kappa shape index (κ2) is 6.20. The van der Waals surface area contributed by atoms with Gasteiger partial charge in [-0.1, -0.05) is 50.9 Å². The van der Waals surface area contributed by atoms with Crippen LogP contribution in [-0.2, 0) is 11.0 Å². The van der Waals surface area contributed by atoms with Gasteiger partial charge in [-0.2, -0.15) is 4.98 Å². The smallest absolute Gasteiger partial charge is 0.267 e. The van der Waals surface area contributed by atoms with Gasteiger partial charge >= 0.3 is 0 Å². The average Bonchev–Trinajstić information content (AvgIpc) is 3.16. The van der Waals surface area contributed by atoms with Gasteiger partial charge < -0.3 is 15.0 Å². The van der Waals surface area contributed by atoms with Crippen molar-refractivity contribution in [2.24, 2.45) is 5.73 Å². The summed E-state index contributed by atoms with van der Waals surface area (Å²) in [6.45, 7) is 8.48. The van der Waals surface area contributed by atoms with Crippen LogP contribution in [-0.4, -0.2) is 10.1 Å². The highest BCUT2D eigenvalue weighted by atomic mass is 16.5. The lowest BCUT2D eigenvalue weighted by molar-refractivity contribution is 0.175. The number of nitrogens with zero attached hydrogens (tertiary/aromatic N) is 2. The van der Waals surface area contributed by atoms with Gasteiger partial charge in [-0.25, -0.2) is 0 Å². The third-order valence-corrected chi connectivity index (χ3v) is 4.76. The van der Waals surface area contributed by atoms with Crippen molar-refractivity contribution in [3.63, 3.8) is 0 Å². The molecule has 1 saturated carbocycles. The Morgan fingerprint density at radius 3 is 2.38 bits per heavy atom. The third-order valence-electron chi connectivity index (χ3n) is 4.76. The lowest BCUT2D eigenvalue weighted by Crippen LogP contribution is -2.34. The van der Waals surface area contributed by atoms with Crippen molar-refractivity contribution in [1.29, 1.82) is 0 Å². The number of aromatic nitrogens is 2. The lowest BCUT2D eigenvalue weighted by atomic mass is 9.87. The van der Waals surface area contributed by atoms with Gasteiger partial charge in [-0.05, 0) is 42.9 Å². The number of ether oxygens (including phenoxy) is 1. The Labute approximate surface area is 143 Å². The summed E-state index contributed by atoms with van der Waals surface area (Å²) in [6.07, 6.45) is 3.75. The van der Waals surface area contributed by atoms with Crippen LogP contribution in [0, 0.1) is 0 Å². The minimum Gasteiger partial charge on any atom is -0.481 e. The van der Waals surface area contributed by atoms with Crippen LogP contribution in [0.4, 0.5) is 0 Å². The monoisotopic (exact) mass is 329 g/mol. The molecule has 2 N–H and O–H groups in total. The van der Waals surface area contributed by atoms with Crippen molar-refractivity contribution in [3.05, 3.63) is 41.5 Å². The summed E-state index contributed by atoms with van der Waals surface area (Å²) in [7, 11) is 0. The maximum absolute atomic E-state index is 6.38. The van der Waals surface area contributed by atoms with E-state index in [1.807, 2.05) is 19.1 Å². The van der Waals surface area contributed by atoms with E-state index in [0.29, 0.717) is 11.7 Å². The predicted molar refractivity (Wildman–Crippen MR) is 92.8 cm³/mol. The summed E-state index contributed by atoms with van der Waals surface area (Å²) in [6, 6.07) is 8.15.